The highest BCUT2D eigenvalue weighted by molar-refractivity contribution is 5.99. The van der Waals surface area contributed by atoms with E-state index in [1.165, 1.54) is 6.20 Å². The molecule has 0 unspecified atom stereocenters. The van der Waals surface area contributed by atoms with E-state index in [9.17, 15) is 9.59 Å². The van der Waals surface area contributed by atoms with E-state index >= 15 is 0 Å². The van der Waals surface area contributed by atoms with Gasteiger partial charge in [-0.15, -0.1) is 0 Å². The Labute approximate surface area is 229 Å². The van der Waals surface area contributed by atoms with E-state index in [-0.39, 0.29) is 18.0 Å². The largest absolute Gasteiger partial charge is 0.480 e. The van der Waals surface area contributed by atoms with Crippen molar-refractivity contribution in [1.29, 1.82) is 0 Å². The van der Waals surface area contributed by atoms with Gasteiger partial charge in [-0.3, -0.25) is 19.8 Å². The fourth-order valence-corrected chi connectivity index (χ4v) is 3.90. The molecule has 0 aliphatic rings. The number of nitrogens with one attached hydrogen (secondary N) is 4. The van der Waals surface area contributed by atoms with Gasteiger partial charge >= 0.3 is 12.0 Å². The fourth-order valence-electron chi connectivity index (χ4n) is 3.90. The number of H-pyrrole nitrogens is 1. The third-order valence-electron chi connectivity index (χ3n) is 5.90. The summed E-state index contributed by atoms with van der Waals surface area (Å²) in [5.41, 5.74) is 3.83. The molecule has 0 bridgehead atoms. The van der Waals surface area contributed by atoms with Gasteiger partial charge in [0, 0.05) is 41.2 Å². The Morgan fingerprint density at radius 3 is 2.48 bits per heavy atom. The molecule has 0 saturated carbocycles. The number of carbonyl (C=O) groups is 2. The van der Waals surface area contributed by atoms with Gasteiger partial charge in [-0.2, -0.15) is 5.10 Å². The smallest absolute Gasteiger partial charge is 0.324 e. The van der Waals surface area contributed by atoms with Crippen molar-refractivity contribution in [1.82, 2.24) is 24.7 Å². The molecule has 0 aliphatic heterocycles. The minimum atomic E-state index is -0.981. The monoisotopic (exact) mass is 540 g/mol. The number of nitrogens with zero attached hydrogens (tertiary/aromatic N) is 4. The van der Waals surface area contributed by atoms with E-state index in [0.717, 1.165) is 22.4 Å². The van der Waals surface area contributed by atoms with Gasteiger partial charge in [0.25, 0.3) is 0 Å². The molecule has 5 rings (SSSR count). The Morgan fingerprint density at radius 1 is 0.975 bits per heavy atom. The summed E-state index contributed by atoms with van der Waals surface area (Å²) in [5.74, 6) is 1.02. The van der Waals surface area contributed by atoms with E-state index in [1.54, 1.807) is 18.5 Å². The number of ether oxygens (including phenoxy) is 1. The van der Waals surface area contributed by atoms with Crippen molar-refractivity contribution in [3.05, 3.63) is 78.9 Å². The van der Waals surface area contributed by atoms with Crippen molar-refractivity contribution in [2.75, 3.05) is 22.5 Å². The zero-order chi connectivity index (χ0) is 28.3. The summed E-state index contributed by atoms with van der Waals surface area (Å²) >= 11 is 0. The van der Waals surface area contributed by atoms with Crippen LogP contribution in [0.25, 0.3) is 16.7 Å². The van der Waals surface area contributed by atoms with E-state index in [4.69, 9.17) is 9.84 Å². The highest BCUT2D eigenvalue weighted by Gasteiger charge is 2.18. The SMILES string of the molecule is CC(C)(C)c1cc(NC(=O)Nc2ccc(-n3cnc4cc(Oc5ccnc(NCC(=O)O)c5)ccc43)cc2)[nH]n1. The lowest BCUT2D eigenvalue weighted by atomic mass is 9.92. The van der Waals surface area contributed by atoms with E-state index < -0.39 is 5.97 Å². The maximum absolute atomic E-state index is 12.4. The summed E-state index contributed by atoms with van der Waals surface area (Å²) in [4.78, 5) is 31.8. The van der Waals surface area contributed by atoms with Gasteiger partial charge in [-0.05, 0) is 42.5 Å². The number of benzene rings is 2. The first-order valence-electron chi connectivity index (χ1n) is 12.4. The molecule has 0 aliphatic carbocycles. The van der Waals surface area contributed by atoms with Crippen LogP contribution in [0.1, 0.15) is 26.5 Å². The number of aromatic amines is 1. The van der Waals surface area contributed by atoms with Crippen LogP contribution in [-0.4, -0.2) is 48.4 Å². The molecular weight excluding hydrogens is 512 g/mol. The number of aliphatic carboxylic acids is 1. The molecule has 0 radical (unpaired) electrons. The average Bonchev–Trinajstić information content (AvgIpc) is 3.55. The molecular formula is C28H28N8O4. The van der Waals surface area contributed by atoms with Crippen molar-refractivity contribution >= 4 is 40.4 Å². The van der Waals surface area contributed by atoms with Crippen molar-refractivity contribution < 1.29 is 19.4 Å². The second-order valence-electron chi connectivity index (χ2n) is 10.0. The predicted molar refractivity (Wildman–Crippen MR) is 151 cm³/mol. The number of aromatic nitrogens is 5. The second kappa shape index (κ2) is 10.8. The Hall–Kier alpha value is -5.39. The number of urea groups is 1. The normalized spacial score (nSPS) is 11.3. The summed E-state index contributed by atoms with van der Waals surface area (Å²) in [6, 6.07) is 17.7. The zero-order valence-corrected chi connectivity index (χ0v) is 22.1. The maximum atomic E-state index is 12.4. The van der Waals surface area contributed by atoms with Crippen LogP contribution in [-0.2, 0) is 10.2 Å². The number of carbonyl (C=O) groups excluding carboxylic acids is 1. The minimum Gasteiger partial charge on any atom is -0.480 e. The van der Waals surface area contributed by atoms with Crippen molar-refractivity contribution in [2.24, 2.45) is 0 Å². The lowest BCUT2D eigenvalue weighted by molar-refractivity contribution is -0.134. The minimum absolute atomic E-state index is 0.124. The summed E-state index contributed by atoms with van der Waals surface area (Å²) in [6.07, 6.45) is 3.25. The predicted octanol–water partition coefficient (Wildman–Crippen LogP) is 5.37. The molecule has 2 amide bonds. The van der Waals surface area contributed by atoms with Crippen LogP contribution in [0, 0.1) is 0 Å². The Balaban J connectivity index is 1.24. The second-order valence-corrected chi connectivity index (χ2v) is 10.0. The summed E-state index contributed by atoms with van der Waals surface area (Å²) in [5, 5.41) is 24.2. The number of pyridine rings is 1. The number of carboxylic acids is 1. The number of rotatable bonds is 8. The van der Waals surface area contributed by atoms with Crippen LogP contribution in [0.4, 0.5) is 22.1 Å². The average molecular weight is 541 g/mol. The molecule has 3 aromatic heterocycles. The third-order valence-corrected chi connectivity index (χ3v) is 5.90. The number of carboxylic acid groups (broad SMARTS) is 1. The van der Waals surface area contributed by atoms with Crippen LogP contribution < -0.4 is 20.7 Å². The number of amides is 2. The summed E-state index contributed by atoms with van der Waals surface area (Å²) in [6.45, 7) is 5.91. The topological polar surface area (TPSA) is 159 Å². The standard InChI is InChI=1S/C28H28N8O4/c1-28(2,3)23-14-25(35-34-23)33-27(39)32-17-4-6-18(7-5-17)36-16-31-21-12-19(8-9-22(21)36)40-20-10-11-29-24(13-20)30-15-26(37)38/h4-14,16H,15H2,1-3H3,(H,29,30)(H,37,38)(H3,32,33,34,35,39). The zero-order valence-electron chi connectivity index (χ0n) is 22.1. The molecule has 3 heterocycles. The van der Waals surface area contributed by atoms with Gasteiger partial charge in [-0.25, -0.2) is 14.8 Å². The summed E-state index contributed by atoms with van der Waals surface area (Å²) in [7, 11) is 0. The highest BCUT2D eigenvalue weighted by Crippen LogP contribution is 2.28. The molecule has 204 valence electrons. The van der Waals surface area contributed by atoms with Crippen molar-refractivity contribution in [2.45, 2.75) is 26.2 Å². The van der Waals surface area contributed by atoms with Gasteiger partial charge in [0.15, 0.2) is 0 Å². The number of anilines is 3. The number of hydrogen-bond donors (Lipinski definition) is 5. The molecule has 0 saturated heterocycles. The van der Waals surface area contributed by atoms with Crippen LogP contribution in [0.15, 0.2) is 73.2 Å². The van der Waals surface area contributed by atoms with Crippen LogP contribution in [0.2, 0.25) is 0 Å². The van der Waals surface area contributed by atoms with Gasteiger partial charge in [-0.1, -0.05) is 20.8 Å². The lowest BCUT2D eigenvalue weighted by Gasteiger charge is -2.13. The molecule has 0 atom stereocenters. The van der Waals surface area contributed by atoms with Gasteiger partial charge in [0.2, 0.25) is 0 Å². The highest BCUT2D eigenvalue weighted by atomic mass is 16.5. The molecule has 12 heteroatoms. The molecule has 40 heavy (non-hydrogen) atoms. The van der Waals surface area contributed by atoms with Crippen molar-refractivity contribution in [3.8, 4) is 17.2 Å². The van der Waals surface area contributed by atoms with E-state index in [1.807, 2.05) is 73.9 Å². The number of fused-ring (bicyclic) bond motifs is 1. The van der Waals surface area contributed by atoms with Crippen molar-refractivity contribution in [3.63, 3.8) is 0 Å². The first-order chi connectivity index (χ1) is 19.1. The maximum Gasteiger partial charge on any atom is 0.324 e. The Bertz CT molecular complexity index is 1670. The van der Waals surface area contributed by atoms with E-state index in [2.05, 4.69) is 36.1 Å². The fraction of sp³-hybridized carbons (Fsp3) is 0.179. The van der Waals surface area contributed by atoms with Crippen LogP contribution in [0.5, 0.6) is 11.5 Å². The first-order valence-corrected chi connectivity index (χ1v) is 12.4. The molecule has 5 N–H and O–H groups in total. The first kappa shape index (κ1) is 26.2. The third kappa shape index (κ3) is 6.18. The number of hydrogen-bond acceptors (Lipinski definition) is 7. The molecule has 5 aromatic rings. The molecule has 0 spiro atoms. The van der Waals surface area contributed by atoms with Crippen LogP contribution in [0.3, 0.4) is 0 Å². The van der Waals surface area contributed by atoms with Gasteiger partial charge in [0.1, 0.15) is 36.0 Å². The van der Waals surface area contributed by atoms with Gasteiger partial charge < -0.3 is 20.5 Å². The Morgan fingerprint density at radius 2 is 1.75 bits per heavy atom. The Kier molecular flexibility index (Phi) is 7.06. The molecule has 0 fully saturated rings. The summed E-state index contributed by atoms with van der Waals surface area (Å²) < 4.78 is 7.87. The lowest BCUT2D eigenvalue weighted by Crippen LogP contribution is -2.19. The number of imidazole rings is 1. The quantitative estimate of drug-likeness (QED) is 0.176. The molecule has 2 aromatic carbocycles. The van der Waals surface area contributed by atoms with Gasteiger partial charge in [0.05, 0.1) is 16.7 Å². The van der Waals surface area contributed by atoms with E-state index in [0.29, 0.717) is 28.8 Å². The van der Waals surface area contributed by atoms with Crippen LogP contribution >= 0.6 is 0 Å². The molecule has 12 nitrogen and oxygen atoms in total.